The summed E-state index contributed by atoms with van der Waals surface area (Å²) in [6.45, 7) is 1.48. The van der Waals surface area contributed by atoms with E-state index in [4.69, 9.17) is 10.8 Å². The molecule has 4 N–H and O–H groups in total. The normalized spacial score (nSPS) is 12.1. The molecule has 88 valence electrons. The van der Waals surface area contributed by atoms with E-state index in [0.717, 1.165) is 18.6 Å². The average molecular weight is 234 g/mol. The second-order valence-electron chi connectivity index (χ2n) is 3.23. The fourth-order valence-corrected chi connectivity index (χ4v) is 1.77. The number of hydrogen-bond donors (Lipinski definition) is 3. The maximum absolute atomic E-state index is 10.5. The van der Waals surface area contributed by atoms with Gasteiger partial charge in [0, 0.05) is 6.92 Å². The quantitative estimate of drug-likeness (QED) is 0.417. The minimum atomic E-state index is -0.944. The molecule has 0 aliphatic heterocycles. The van der Waals surface area contributed by atoms with Gasteiger partial charge >= 0.3 is 5.97 Å². The van der Waals surface area contributed by atoms with Gasteiger partial charge in [0.05, 0.1) is 5.88 Å². The Kier molecular flexibility index (Phi) is 8.12. The van der Waals surface area contributed by atoms with E-state index in [9.17, 15) is 9.59 Å². The lowest BCUT2D eigenvalue weighted by atomic mass is 10.1. The van der Waals surface area contributed by atoms with Crippen LogP contribution in [0, 0.1) is 0 Å². The van der Waals surface area contributed by atoms with Crippen LogP contribution >= 0.6 is 11.8 Å². The van der Waals surface area contributed by atoms with Crippen LogP contribution in [0.1, 0.15) is 26.2 Å². The van der Waals surface area contributed by atoms with Crippen LogP contribution in [-0.4, -0.2) is 34.7 Å². The standard InChI is InChI=1S/C9H18N2O3S/c1-7(12)11-6-15-5-3-2-4-8(10)9(13)14/h8H,2-6,10H2,1H3,(H,11,12)(H,13,14)/t8-/m1/s1. The van der Waals surface area contributed by atoms with Crippen molar-refractivity contribution in [2.75, 3.05) is 11.6 Å². The van der Waals surface area contributed by atoms with Crippen LogP contribution in [-0.2, 0) is 9.59 Å². The summed E-state index contributed by atoms with van der Waals surface area (Å²) in [5.74, 6) is 0.545. The fraction of sp³-hybridized carbons (Fsp3) is 0.778. The Morgan fingerprint density at radius 1 is 1.47 bits per heavy atom. The molecule has 1 amide bonds. The van der Waals surface area contributed by atoms with Crippen molar-refractivity contribution in [3.05, 3.63) is 0 Å². The summed E-state index contributed by atoms with van der Waals surface area (Å²) in [4.78, 5) is 20.9. The number of unbranched alkanes of at least 4 members (excludes halogenated alkanes) is 1. The fourth-order valence-electron chi connectivity index (χ4n) is 0.917. The molecule has 0 saturated carbocycles. The molecule has 0 radical (unpaired) electrons. The van der Waals surface area contributed by atoms with Crippen LogP contribution in [0.4, 0.5) is 0 Å². The molecule has 0 fully saturated rings. The van der Waals surface area contributed by atoms with Crippen molar-refractivity contribution in [3.8, 4) is 0 Å². The van der Waals surface area contributed by atoms with Gasteiger partial charge in [0.25, 0.3) is 0 Å². The van der Waals surface area contributed by atoms with Crippen molar-refractivity contribution in [1.82, 2.24) is 5.32 Å². The largest absolute Gasteiger partial charge is 0.480 e. The van der Waals surface area contributed by atoms with Crippen LogP contribution in [0.5, 0.6) is 0 Å². The minimum Gasteiger partial charge on any atom is -0.480 e. The van der Waals surface area contributed by atoms with Crippen LogP contribution in [0.3, 0.4) is 0 Å². The topological polar surface area (TPSA) is 92.4 Å². The zero-order valence-electron chi connectivity index (χ0n) is 8.86. The number of nitrogens with one attached hydrogen (secondary N) is 1. The number of aliphatic carboxylic acids is 1. The van der Waals surface area contributed by atoms with Crippen molar-refractivity contribution < 1.29 is 14.7 Å². The Labute approximate surface area is 93.8 Å². The van der Waals surface area contributed by atoms with Gasteiger partial charge < -0.3 is 16.2 Å². The molecule has 0 aromatic rings. The molecule has 0 unspecified atom stereocenters. The molecule has 0 saturated heterocycles. The molecule has 0 bridgehead atoms. The Morgan fingerprint density at radius 3 is 2.67 bits per heavy atom. The van der Waals surface area contributed by atoms with Gasteiger partial charge in [-0.3, -0.25) is 9.59 Å². The minimum absolute atomic E-state index is 0.0320. The van der Waals surface area contributed by atoms with Gasteiger partial charge in [0.2, 0.25) is 5.91 Å². The highest BCUT2D eigenvalue weighted by Gasteiger charge is 2.09. The zero-order chi connectivity index (χ0) is 11.7. The van der Waals surface area contributed by atoms with Gasteiger partial charge in [-0.1, -0.05) is 6.42 Å². The number of rotatable bonds is 8. The summed E-state index contributed by atoms with van der Waals surface area (Å²) < 4.78 is 0. The third-order valence-electron chi connectivity index (χ3n) is 1.79. The number of carbonyl (C=O) groups is 2. The average Bonchev–Trinajstić information content (AvgIpc) is 2.15. The molecular formula is C9H18N2O3S. The molecule has 0 aliphatic carbocycles. The van der Waals surface area contributed by atoms with Crippen LogP contribution in [0.2, 0.25) is 0 Å². The van der Waals surface area contributed by atoms with Gasteiger partial charge in [-0.15, -0.1) is 11.8 Å². The van der Waals surface area contributed by atoms with Gasteiger partial charge in [-0.05, 0) is 18.6 Å². The van der Waals surface area contributed by atoms with Crippen molar-refractivity contribution in [1.29, 1.82) is 0 Å². The Bertz CT molecular complexity index is 212. The highest BCUT2D eigenvalue weighted by Crippen LogP contribution is 2.06. The highest BCUT2D eigenvalue weighted by molar-refractivity contribution is 7.99. The smallest absolute Gasteiger partial charge is 0.320 e. The van der Waals surface area contributed by atoms with Crippen molar-refractivity contribution in [3.63, 3.8) is 0 Å². The van der Waals surface area contributed by atoms with E-state index in [1.165, 1.54) is 6.92 Å². The van der Waals surface area contributed by atoms with E-state index in [1.807, 2.05) is 0 Å². The van der Waals surface area contributed by atoms with E-state index in [0.29, 0.717) is 12.3 Å². The Balaban J connectivity index is 3.18. The Morgan fingerprint density at radius 2 is 2.13 bits per heavy atom. The molecule has 0 rings (SSSR count). The monoisotopic (exact) mass is 234 g/mol. The molecule has 15 heavy (non-hydrogen) atoms. The number of nitrogens with two attached hydrogens (primary N) is 1. The van der Waals surface area contributed by atoms with Crippen molar-refractivity contribution in [2.24, 2.45) is 5.73 Å². The van der Waals surface area contributed by atoms with Gasteiger partial charge in [0.15, 0.2) is 0 Å². The van der Waals surface area contributed by atoms with Gasteiger partial charge in [-0.2, -0.15) is 0 Å². The molecule has 0 aromatic heterocycles. The molecule has 1 atom stereocenters. The summed E-state index contributed by atoms with van der Waals surface area (Å²) in [6, 6.07) is -0.745. The lowest BCUT2D eigenvalue weighted by molar-refractivity contribution is -0.138. The number of hydrogen-bond acceptors (Lipinski definition) is 4. The predicted octanol–water partition coefficient (Wildman–Crippen LogP) is 0.395. The summed E-state index contributed by atoms with van der Waals surface area (Å²) in [6.07, 6.45) is 2.24. The zero-order valence-corrected chi connectivity index (χ0v) is 9.68. The Hall–Kier alpha value is -0.750. The lowest BCUT2D eigenvalue weighted by Gasteiger charge is -2.05. The lowest BCUT2D eigenvalue weighted by Crippen LogP contribution is -2.29. The number of carbonyl (C=O) groups excluding carboxylic acids is 1. The van der Waals surface area contributed by atoms with E-state index in [2.05, 4.69) is 5.32 Å². The van der Waals surface area contributed by atoms with Gasteiger partial charge in [0.1, 0.15) is 6.04 Å². The second kappa shape index (κ2) is 8.55. The maximum Gasteiger partial charge on any atom is 0.320 e. The van der Waals surface area contributed by atoms with E-state index in [1.54, 1.807) is 11.8 Å². The number of carboxylic acids is 1. The first-order chi connectivity index (χ1) is 7.04. The molecular weight excluding hydrogens is 216 g/mol. The molecule has 0 spiro atoms. The van der Waals surface area contributed by atoms with E-state index >= 15 is 0 Å². The van der Waals surface area contributed by atoms with Gasteiger partial charge in [-0.25, -0.2) is 0 Å². The third-order valence-corrected chi connectivity index (χ3v) is 2.72. The maximum atomic E-state index is 10.5. The SMILES string of the molecule is CC(=O)NCSCCCC[C@@H](N)C(=O)O. The van der Waals surface area contributed by atoms with E-state index < -0.39 is 12.0 Å². The summed E-state index contributed by atoms with van der Waals surface area (Å²) in [5, 5.41) is 11.2. The van der Waals surface area contributed by atoms with Crippen LogP contribution < -0.4 is 11.1 Å². The molecule has 0 aliphatic rings. The molecule has 0 heterocycles. The summed E-state index contributed by atoms with van der Waals surface area (Å²) >= 11 is 1.62. The number of thioether (sulfide) groups is 1. The predicted molar refractivity (Wildman–Crippen MR) is 60.6 cm³/mol. The summed E-state index contributed by atoms with van der Waals surface area (Å²) in [7, 11) is 0. The van der Waals surface area contributed by atoms with Crippen molar-refractivity contribution >= 4 is 23.6 Å². The second-order valence-corrected chi connectivity index (χ2v) is 4.33. The first-order valence-electron chi connectivity index (χ1n) is 4.84. The van der Waals surface area contributed by atoms with E-state index in [-0.39, 0.29) is 5.91 Å². The molecule has 5 nitrogen and oxygen atoms in total. The van der Waals surface area contributed by atoms with Crippen LogP contribution in [0.25, 0.3) is 0 Å². The summed E-state index contributed by atoms with van der Waals surface area (Å²) in [5.41, 5.74) is 5.33. The first kappa shape index (κ1) is 14.2. The van der Waals surface area contributed by atoms with Crippen LogP contribution in [0.15, 0.2) is 0 Å². The first-order valence-corrected chi connectivity index (χ1v) is 6.00. The molecule has 0 aromatic carbocycles. The third kappa shape index (κ3) is 9.55. The number of carboxylic acid groups (broad SMARTS) is 1. The van der Waals surface area contributed by atoms with Crippen molar-refractivity contribution in [2.45, 2.75) is 32.2 Å². The number of amides is 1. The highest BCUT2D eigenvalue weighted by atomic mass is 32.2. The molecule has 6 heteroatoms.